The molecule has 1 aliphatic heterocycles. The third-order valence-electron chi connectivity index (χ3n) is 3.26. The van der Waals surface area contributed by atoms with Crippen molar-refractivity contribution in [3.8, 4) is 0 Å². The van der Waals surface area contributed by atoms with Crippen molar-refractivity contribution in [2.45, 2.75) is 26.0 Å². The molecule has 0 aromatic carbocycles. The van der Waals surface area contributed by atoms with Crippen LogP contribution in [0.1, 0.15) is 17.6 Å². The number of aryl methyl sites for hydroxylation is 1. The van der Waals surface area contributed by atoms with Crippen molar-refractivity contribution in [3.05, 3.63) is 16.1 Å². The Morgan fingerprint density at radius 2 is 2.24 bits per heavy atom. The van der Waals surface area contributed by atoms with E-state index in [1.54, 1.807) is 28.2 Å². The zero-order valence-electron chi connectivity index (χ0n) is 12.3. The molecule has 2 rings (SSSR count). The number of carboxylic acids is 1. The number of carboxylic acid groups (broad SMARTS) is 1. The Labute approximate surface area is 127 Å². The van der Waals surface area contributed by atoms with E-state index in [9.17, 15) is 9.59 Å². The van der Waals surface area contributed by atoms with E-state index in [1.807, 2.05) is 19.2 Å². The fourth-order valence-corrected chi connectivity index (χ4v) is 2.86. The lowest BCUT2D eigenvalue weighted by Gasteiger charge is -2.48. The third-order valence-corrected chi connectivity index (χ3v) is 4.08. The molecule has 1 aromatic heterocycles. The van der Waals surface area contributed by atoms with Crippen LogP contribution >= 0.6 is 11.3 Å². The Kier molecular flexibility index (Phi) is 4.48. The van der Waals surface area contributed by atoms with Gasteiger partial charge in [0.2, 0.25) is 0 Å². The summed E-state index contributed by atoms with van der Waals surface area (Å²) in [7, 11) is 1.73. The second kappa shape index (κ2) is 5.98. The van der Waals surface area contributed by atoms with Crippen LogP contribution in [0, 0.1) is 6.92 Å². The summed E-state index contributed by atoms with van der Waals surface area (Å²) in [4.78, 5) is 30.3. The van der Waals surface area contributed by atoms with E-state index in [4.69, 9.17) is 9.84 Å². The summed E-state index contributed by atoms with van der Waals surface area (Å²) in [6, 6.07) is -0.1000. The smallest absolute Gasteiger partial charge is 0.329 e. The molecule has 8 heteroatoms. The summed E-state index contributed by atoms with van der Waals surface area (Å²) >= 11 is 1.56. The van der Waals surface area contributed by atoms with E-state index in [-0.39, 0.29) is 12.6 Å². The van der Waals surface area contributed by atoms with Gasteiger partial charge in [0.15, 0.2) is 0 Å². The lowest BCUT2D eigenvalue weighted by Crippen LogP contribution is -2.65. The standard InChI is InChI=1S/C13H19N3O4S/c1-9-14-10(6-21-9)4-15(3)12(19)16-7-13(2,8-16)20-5-11(17)18/h6H,4-5,7-8H2,1-3H3,(H,17,18). The molecule has 1 N–H and O–H groups in total. The van der Waals surface area contributed by atoms with E-state index < -0.39 is 11.6 Å². The van der Waals surface area contributed by atoms with E-state index >= 15 is 0 Å². The molecular weight excluding hydrogens is 294 g/mol. The summed E-state index contributed by atoms with van der Waals surface area (Å²) in [6.07, 6.45) is 0. The molecule has 0 atom stereocenters. The van der Waals surface area contributed by atoms with Gasteiger partial charge in [-0.05, 0) is 13.8 Å². The molecule has 1 fully saturated rings. The van der Waals surface area contributed by atoms with Crippen LogP contribution < -0.4 is 0 Å². The SMILES string of the molecule is Cc1nc(CN(C)C(=O)N2CC(C)(OCC(=O)O)C2)cs1. The summed E-state index contributed by atoms with van der Waals surface area (Å²) in [5, 5.41) is 11.5. The van der Waals surface area contributed by atoms with Gasteiger partial charge in [0.25, 0.3) is 0 Å². The molecule has 2 heterocycles. The minimum absolute atomic E-state index is 0.1000. The van der Waals surface area contributed by atoms with E-state index in [2.05, 4.69) is 4.98 Å². The molecule has 1 aliphatic rings. The fourth-order valence-electron chi connectivity index (χ4n) is 2.26. The molecule has 0 bridgehead atoms. The summed E-state index contributed by atoms with van der Waals surface area (Å²) < 4.78 is 5.29. The first kappa shape index (κ1) is 15.7. The van der Waals surface area contributed by atoms with Gasteiger partial charge in [0, 0.05) is 12.4 Å². The number of amides is 2. The first-order valence-corrected chi connectivity index (χ1v) is 7.44. The molecule has 0 radical (unpaired) electrons. The Hall–Kier alpha value is -1.67. The average molecular weight is 313 g/mol. The molecule has 7 nitrogen and oxygen atoms in total. The van der Waals surface area contributed by atoms with Gasteiger partial charge in [-0.1, -0.05) is 0 Å². The number of thiazole rings is 1. The summed E-state index contributed by atoms with van der Waals surface area (Å²) in [5.74, 6) is -1.00. The lowest BCUT2D eigenvalue weighted by atomic mass is 9.97. The van der Waals surface area contributed by atoms with Crippen molar-refractivity contribution in [2.24, 2.45) is 0 Å². The summed E-state index contributed by atoms with van der Waals surface area (Å²) in [5.41, 5.74) is 0.310. The van der Waals surface area contributed by atoms with Crippen molar-refractivity contribution in [1.82, 2.24) is 14.8 Å². The van der Waals surface area contributed by atoms with Crippen LogP contribution in [0.4, 0.5) is 4.79 Å². The van der Waals surface area contributed by atoms with Gasteiger partial charge >= 0.3 is 12.0 Å². The first-order chi connectivity index (χ1) is 9.79. The van der Waals surface area contributed by atoms with Crippen LogP contribution in [0.15, 0.2) is 5.38 Å². The Balaban J connectivity index is 1.81. The van der Waals surface area contributed by atoms with Crippen LogP contribution in [0.3, 0.4) is 0 Å². The highest BCUT2D eigenvalue weighted by Gasteiger charge is 2.43. The van der Waals surface area contributed by atoms with Crippen molar-refractivity contribution >= 4 is 23.3 Å². The van der Waals surface area contributed by atoms with Gasteiger partial charge in [-0.25, -0.2) is 14.6 Å². The zero-order valence-corrected chi connectivity index (χ0v) is 13.1. The number of carbonyl (C=O) groups excluding carboxylic acids is 1. The maximum Gasteiger partial charge on any atom is 0.329 e. The molecule has 1 saturated heterocycles. The number of hydrogen-bond acceptors (Lipinski definition) is 5. The van der Waals surface area contributed by atoms with Crippen molar-refractivity contribution in [3.63, 3.8) is 0 Å². The molecule has 0 saturated carbocycles. The summed E-state index contributed by atoms with van der Waals surface area (Å²) in [6.45, 7) is 4.66. The van der Waals surface area contributed by atoms with Gasteiger partial charge in [-0.3, -0.25) is 0 Å². The molecule has 0 spiro atoms. The highest BCUT2D eigenvalue weighted by atomic mass is 32.1. The van der Waals surface area contributed by atoms with Crippen LogP contribution in [0.2, 0.25) is 0 Å². The van der Waals surface area contributed by atoms with Gasteiger partial charge in [0.05, 0.1) is 30.3 Å². The second-order valence-corrected chi connectivity index (χ2v) is 6.55. The topological polar surface area (TPSA) is 83.0 Å². The quantitative estimate of drug-likeness (QED) is 0.882. The van der Waals surface area contributed by atoms with E-state index in [0.29, 0.717) is 19.6 Å². The molecule has 21 heavy (non-hydrogen) atoms. The largest absolute Gasteiger partial charge is 0.480 e. The van der Waals surface area contributed by atoms with Crippen LogP contribution in [-0.4, -0.2) is 64.2 Å². The number of aromatic nitrogens is 1. The van der Waals surface area contributed by atoms with Crippen molar-refractivity contribution in [2.75, 3.05) is 26.7 Å². The number of rotatable bonds is 5. The number of likely N-dealkylation sites (tertiary alicyclic amines) is 1. The average Bonchev–Trinajstić information content (AvgIpc) is 2.77. The molecular formula is C13H19N3O4S. The Morgan fingerprint density at radius 1 is 1.57 bits per heavy atom. The van der Waals surface area contributed by atoms with Crippen LogP contribution in [0.5, 0.6) is 0 Å². The minimum Gasteiger partial charge on any atom is -0.480 e. The normalized spacial score (nSPS) is 16.4. The molecule has 116 valence electrons. The maximum atomic E-state index is 12.2. The maximum absolute atomic E-state index is 12.2. The highest BCUT2D eigenvalue weighted by Crippen LogP contribution is 2.25. The van der Waals surface area contributed by atoms with E-state index in [1.165, 1.54) is 0 Å². The number of ether oxygens (including phenoxy) is 1. The predicted octanol–water partition coefficient (Wildman–Crippen LogP) is 1.18. The lowest BCUT2D eigenvalue weighted by molar-refractivity contribution is -0.160. The van der Waals surface area contributed by atoms with Gasteiger partial charge in [-0.15, -0.1) is 11.3 Å². The van der Waals surface area contributed by atoms with Gasteiger partial charge in [0.1, 0.15) is 12.2 Å². The van der Waals surface area contributed by atoms with Crippen LogP contribution in [0.25, 0.3) is 0 Å². The number of aliphatic carboxylic acids is 1. The van der Waals surface area contributed by atoms with Crippen molar-refractivity contribution < 1.29 is 19.4 Å². The zero-order chi connectivity index (χ0) is 15.6. The minimum atomic E-state index is -1.00. The third kappa shape index (κ3) is 3.92. The number of hydrogen-bond donors (Lipinski definition) is 1. The number of carbonyl (C=O) groups is 2. The second-order valence-electron chi connectivity index (χ2n) is 5.48. The molecule has 2 amide bonds. The van der Waals surface area contributed by atoms with Crippen LogP contribution in [-0.2, 0) is 16.1 Å². The molecule has 0 unspecified atom stereocenters. The first-order valence-electron chi connectivity index (χ1n) is 6.56. The molecule has 0 aliphatic carbocycles. The van der Waals surface area contributed by atoms with E-state index in [0.717, 1.165) is 10.7 Å². The Morgan fingerprint density at radius 3 is 2.76 bits per heavy atom. The number of nitrogens with zero attached hydrogens (tertiary/aromatic N) is 3. The fraction of sp³-hybridized carbons (Fsp3) is 0.615. The monoisotopic (exact) mass is 313 g/mol. The highest BCUT2D eigenvalue weighted by molar-refractivity contribution is 7.09. The number of urea groups is 1. The van der Waals surface area contributed by atoms with Crippen molar-refractivity contribution in [1.29, 1.82) is 0 Å². The Bertz CT molecular complexity index is 539. The van der Waals surface area contributed by atoms with Gasteiger partial charge in [-0.2, -0.15) is 0 Å². The predicted molar refractivity (Wildman–Crippen MR) is 77.3 cm³/mol. The van der Waals surface area contributed by atoms with Gasteiger partial charge < -0.3 is 19.6 Å². The molecule has 1 aromatic rings.